The number of fused-ring (bicyclic) bond motifs is 2. The van der Waals surface area contributed by atoms with E-state index in [0.29, 0.717) is 6.54 Å². The van der Waals surface area contributed by atoms with Gasteiger partial charge in [-0.3, -0.25) is 9.59 Å². The number of carbonyl (C=O) groups is 2. The number of nitrogens with one attached hydrogen (secondary N) is 2. The standard InChI is InChI=1S/C30H37BN4O4S2/c1-16(2)24(32-17(3)36)28(37)35-12-8-9-23(35)27-33-21-11-10-18(13-22(21)34-27)19-14-40-26-20(15-41-25(19)26)31-38-29(4,5)30(6,7)39-31/h10-11,13-16,23-24H,8-9,12H2,1-7H3,(H,32,36)(H,33,34). The first kappa shape index (κ1) is 28.4. The molecule has 2 atom stereocenters. The molecule has 2 amide bonds. The molecule has 2 saturated heterocycles. The van der Waals surface area contributed by atoms with Gasteiger partial charge < -0.3 is 24.5 Å². The predicted octanol–water partition coefficient (Wildman–Crippen LogP) is 5.63. The number of hydrogen-bond donors (Lipinski definition) is 2. The molecular formula is C30H37BN4O4S2. The summed E-state index contributed by atoms with van der Waals surface area (Å²) in [6.07, 6.45) is 1.74. The summed E-state index contributed by atoms with van der Waals surface area (Å²) in [6.45, 7) is 14.3. The second-order valence-electron chi connectivity index (χ2n) is 12.6. The van der Waals surface area contributed by atoms with E-state index >= 15 is 0 Å². The van der Waals surface area contributed by atoms with Crippen molar-refractivity contribution in [3.8, 4) is 11.1 Å². The lowest BCUT2D eigenvalue weighted by Gasteiger charge is -2.32. The maximum Gasteiger partial charge on any atom is 0.497 e. The number of aromatic nitrogens is 2. The smallest absolute Gasteiger partial charge is 0.399 e. The van der Waals surface area contributed by atoms with Gasteiger partial charge in [0.25, 0.3) is 0 Å². The molecule has 5 heterocycles. The Labute approximate surface area is 249 Å². The third kappa shape index (κ3) is 4.90. The zero-order chi connectivity index (χ0) is 29.3. The number of benzene rings is 1. The highest BCUT2D eigenvalue weighted by Gasteiger charge is 2.52. The second-order valence-corrected chi connectivity index (χ2v) is 14.3. The fourth-order valence-corrected chi connectivity index (χ4v) is 8.19. The number of rotatable bonds is 6. The Balaban J connectivity index is 1.28. The van der Waals surface area contributed by atoms with Gasteiger partial charge in [-0.2, -0.15) is 0 Å². The molecule has 0 saturated carbocycles. The Morgan fingerprint density at radius 2 is 1.83 bits per heavy atom. The molecule has 1 aromatic carbocycles. The van der Waals surface area contributed by atoms with Crippen LogP contribution in [-0.2, 0) is 18.9 Å². The lowest BCUT2D eigenvalue weighted by atomic mass is 9.81. The van der Waals surface area contributed by atoms with Crippen molar-refractivity contribution in [1.82, 2.24) is 20.2 Å². The van der Waals surface area contributed by atoms with E-state index in [1.165, 1.54) is 21.9 Å². The van der Waals surface area contributed by atoms with Crippen molar-refractivity contribution in [2.75, 3.05) is 6.54 Å². The zero-order valence-corrected chi connectivity index (χ0v) is 26.3. The van der Waals surface area contributed by atoms with Crippen LogP contribution in [0.15, 0.2) is 29.0 Å². The molecule has 216 valence electrons. The number of aromatic amines is 1. The Morgan fingerprint density at radius 1 is 1.12 bits per heavy atom. The first-order chi connectivity index (χ1) is 19.4. The first-order valence-corrected chi connectivity index (χ1v) is 16.0. The molecule has 2 N–H and O–H groups in total. The maximum absolute atomic E-state index is 13.5. The number of H-pyrrole nitrogens is 1. The number of hydrogen-bond acceptors (Lipinski definition) is 7. The van der Waals surface area contributed by atoms with Crippen LogP contribution >= 0.6 is 22.7 Å². The van der Waals surface area contributed by atoms with Crippen LogP contribution in [-0.4, -0.2) is 57.6 Å². The number of nitrogens with zero attached hydrogens (tertiary/aromatic N) is 2. The van der Waals surface area contributed by atoms with Crippen molar-refractivity contribution in [3.05, 3.63) is 34.8 Å². The van der Waals surface area contributed by atoms with Gasteiger partial charge in [0.15, 0.2) is 0 Å². The molecule has 11 heteroatoms. The van der Waals surface area contributed by atoms with Crippen LogP contribution in [0, 0.1) is 5.92 Å². The zero-order valence-electron chi connectivity index (χ0n) is 24.7. The fraction of sp³-hybridized carbons (Fsp3) is 0.500. The van der Waals surface area contributed by atoms with E-state index in [4.69, 9.17) is 14.3 Å². The highest BCUT2D eigenvalue weighted by atomic mass is 32.1. The summed E-state index contributed by atoms with van der Waals surface area (Å²) in [6, 6.07) is 5.63. The second kappa shape index (κ2) is 10.2. The van der Waals surface area contributed by atoms with Crippen LogP contribution < -0.4 is 10.8 Å². The summed E-state index contributed by atoms with van der Waals surface area (Å²) in [4.78, 5) is 35.5. The molecule has 8 nitrogen and oxygen atoms in total. The molecule has 0 aliphatic carbocycles. The Morgan fingerprint density at radius 3 is 2.51 bits per heavy atom. The van der Waals surface area contributed by atoms with Crippen LogP contribution in [0.1, 0.15) is 73.2 Å². The molecule has 41 heavy (non-hydrogen) atoms. The number of carbonyl (C=O) groups excluding carboxylic acids is 2. The normalized spacial score (nSPS) is 20.9. The molecule has 2 aliphatic rings. The minimum atomic E-state index is -0.544. The molecule has 4 aromatic rings. The molecule has 2 fully saturated rings. The Kier molecular flexibility index (Phi) is 7.08. The van der Waals surface area contributed by atoms with Gasteiger partial charge in [-0.25, -0.2) is 4.98 Å². The number of likely N-dealkylation sites (tertiary alicyclic amines) is 1. The van der Waals surface area contributed by atoms with E-state index in [1.54, 1.807) is 22.7 Å². The highest BCUT2D eigenvalue weighted by molar-refractivity contribution is 7.29. The minimum absolute atomic E-state index is 0.00382. The van der Waals surface area contributed by atoms with E-state index in [9.17, 15) is 9.59 Å². The van der Waals surface area contributed by atoms with Gasteiger partial charge in [-0.1, -0.05) is 19.9 Å². The van der Waals surface area contributed by atoms with Crippen molar-refractivity contribution in [3.63, 3.8) is 0 Å². The highest BCUT2D eigenvalue weighted by Crippen LogP contribution is 2.42. The average molecular weight is 593 g/mol. The minimum Gasteiger partial charge on any atom is -0.399 e. The lowest BCUT2D eigenvalue weighted by Crippen LogP contribution is -2.50. The van der Waals surface area contributed by atoms with Crippen molar-refractivity contribution in [2.45, 2.75) is 84.6 Å². The van der Waals surface area contributed by atoms with Crippen molar-refractivity contribution in [2.24, 2.45) is 5.92 Å². The van der Waals surface area contributed by atoms with Crippen LogP contribution in [0.5, 0.6) is 0 Å². The van der Waals surface area contributed by atoms with Crippen LogP contribution in [0.4, 0.5) is 0 Å². The third-order valence-electron chi connectivity index (χ3n) is 8.77. The molecular weight excluding hydrogens is 555 g/mol. The van der Waals surface area contributed by atoms with E-state index in [2.05, 4.69) is 60.9 Å². The molecule has 3 aromatic heterocycles. The summed E-state index contributed by atoms with van der Waals surface area (Å²) >= 11 is 3.45. The van der Waals surface area contributed by atoms with Crippen LogP contribution in [0.3, 0.4) is 0 Å². The van der Waals surface area contributed by atoms with Crippen molar-refractivity contribution >= 4 is 67.5 Å². The van der Waals surface area contributed by atoms with Gasteiger partial charge in [-0.15, -0.1) is 22.7 Å². The average Bonchev–Trinajstić information content (AvgIpc) is 3.69. The van der Waals surface area contributed by atoms with Crippen LogP contribution in [0.25, 0.3) is 31.6 Å². The molecule has 2 aliphatic heterocycles. The molecule has 2 unspecified atom stereocenters. The number of imidazole rings is 1. The molecule has 0 radical (unpaired) electrons. The largest absolute Gasteiger partial charge is 0.497 e. The van der Waals surface area contributed by atoms with Crippen molar-refractivity contribution in [1.29, 1.82) is 0 Å². The first-order valence-electron chi connectivity index (χ1n) is 14.3. The van der Waals surface area contributed by atoms with E-state index in [-0.39, 0.29) is 42.1 Å². The summed E-state index contributed by atoms with van der Waals surface area (Å²) in [5.41, 5.74) is 4.45. The molecule has 0 bridgehead atoms. The van der Waals surface area contributed by atoms with Gasteiger partial charge in [0.05, 0.1) is 33.0 Å². The summed E-state index contributed by atoms with van der Waals surface area (Å²) in [5.74, 6) is 0.550. The number of thiophene rings is 2. The maximum atomic E-state index is 13.5. The summed E-state index contributed by atoms with van der Waals surface area (Å²) < 4.78 is 15.1. The Bertz CT molecular complexity index is 1620. The molecule has 0 spiro atoms. The third-order valence-corrected chi connectivity index (χ3v) is 11.0. The lowest BCUT2D eigenvalue weighted by molar-refractivity contribution is -0.138. The summed E-state index contributed by atoms with van der Waals surface area (Å²) in [7, 11) is -0.379. The van der Waals surface area contributed by atoms with Gasteiger partial charge in [0.1, 0.15) is 11.9 Å². The van der Waals surface area contributed by atoms with Gasteiger partial charge in [0.2, 0.25) is 11.8 Å². The monoisotopic (exact) mass is 592 g/mol. The summed E-state index contributed by atoms with van der Waals surface area (Å²) in [5, 5.41) is 7.22. The molecule has 6 rings (SSSR count). The Hall–Kier alpha value is -2.73. The predicted molar refractivity (Wildman–Crippen MR) is 167 cm³/mol. The van der Waals surface area contributed by atoms with Crippen LogP contribution in [0.2, 0.25) is 0 Å². The topological polar surface area (TPSA) is 96.6 Å². The number of amides is 2. The van der Waals surface area contributed by atoms with Gasteiger partial charge in [-0.05, 0) is 69.5 Å². The van der Waals surface area contributed by atoms with E-state index in [1.807, 2.05) is 24.8 Å². The van der Waals surface area contributed by atoms with Gasteiger partial charge >= 0.3 is 7.12 Å². The van der Waals surface area contributed by atoms with E-state index in [0.717, 1.165) is 40.7 Å². The van der Waals surface area contributed by atoms with E-state index < -0.39 is 6.04 Å². The SMILES string of the molecule is CC(=O)NC(C(=O)N1CCCC1c1nc2ccc(-c3csc4c(B5OC(C)(C)C(C)(C)O5)csc34)cc2[nH]1)C(C)C. The quantitative estimate of drug-likeness (QED) is 0.283. The fourth-order valence-electron chi connectivity index (χ4n) is 5.75. The van der Waals surface area contributed by atoms with Crippen molar-refractivity contribution < 1.29 is 18.9 Å². The van der Waals surface area contributed by atoms with Gasteiger partial charge in [0, 0.05) is 34.6 Å².